The van der Waals surface area contributed by atoms with E-state index in [0.717, 1.165) is 11.1 Å². The zero-order valence-electron chi connectivity index (χ0n) is 13.3. The molecule has 4 atom stereocenters. The summed E-state index contributed by atoms with van der Waals surface area (Å²) in [5.41, 5.74) is 2.32. The van der Waals surface area contributed by atoms with E-state index < -0.39 is 24.5 Å². The van der Waals surface area contributed by atoms with Crippen molar-refractivity contribution in [3.8, 4) is 17.0 Å². The first-order valence-electron chi connectivity index (χ1n) is 7.70. The van der Waals surface area contributed by atoms with Crippen molar-refractivity contribution in [3.63, 3.8) is 0 Å². The van der Waals surface area contributed by atoms with Crippen LogP contribution in [0.5, 0.6) is 5.88 Å². The Morgan fingerprint density at radius 2 is 2.16 bits per heavy atom. The number of nitrogens with zero attached hydrogens (tertiary/aromatic N) is 3. The Hall–Kier alpha value is -2.04. The van der Waals surface area contributed by atoms with E-state index in [4.69, 9.17) is 9.47 Å². The molecular formula is C16H17N3O5S. The van der Waals surface area contributed by atoms with Crippen LogP contribution in [0.2, 0.25) is 0 Å². The highest BCUT2D eigenvalue weighted by molar-refractivity contribution is 7.08. The van der Waals surface area contributed by atoms with Crippen LogP contribution >= 0.6 is 11.3 Å². The summed E-state index contributed by atoms with van der Waals surface area (Å²) in [5.74, 6) is 0.414. The van der Waals surface area contributed by atoms with Crippen LogP contribution in [0.25, 0.3) is 22.2 Å². The van der Waals surface area contributed by atoms with Crippen LogP contribution < -0.4 is 4.74 Å². The van der Waals surface area contributed by atoms with Gasteiger partial charge in [-0.3, -0.25) is 0 Å². The Bertz CT molecular complexity index is 881. The number of aromatic nitrogens is 3. The van der Waals surface area contributed by atoms with E-state index in [0.29, 0.717) is 16.9 Å². The quantitative estimate of drug-likeness (QED) is 0.628. The first-order chi connectivity index (χ1) is 12.2. The fourth-order valence-corrected chi connectivity index (χ4v) is 3.81. The third kappa shape index (κ3) is 2.52. The lowest BCUT2D eigenvalue weighted by atomic mass is 10.1. The summed E-state index contributed by atoms with van der Waals surface area (Å²) in [7, 11) is 1.53. The molecule has 3 aromatic rings. The lowest BCUT2D eigenvalue weighted by molar-refractivity contribution is -0.0508. The van der Waals surface area contributed by atoms with Crippen molar-refractivity contribution in [1.29, 1.82) is 0 Å². The summed E-state index contributed by atoms with van der Waals surface area (Å²) in [5, 5.41) is 34.4. The molecule has 9 heteroatoms. The second kappa shape index (κ2) is 6.36. The summed E-state index contributed by atoms with van der Waals surface area (Å²) in [6.07, 6.45) is -0.932. The minimum absolute atomic E-state index is 0.385. The molecule has 1 aliphatic rings. The summed E-state index contributed by atoms with van der Waals surface area (Å²) in [6, 6.07) is 1.97. The van der Waals surface area contributed by atoms with Gasteiger partial charge < -0.3 is 29.4 Å². The van der Waals surface area contributed by atoms with Crippen LogP contribution in [0, 0.1) is 0 Å². The number of ether oxygens (including phenoxy) is 2. The maximum absolute atomic E-state index is 10.4. The predicted octanol–water partition coefficient (Wildman–Crippen LogP) is 0.780. The Balaban J connectivity index is 1.91. The van der Waals surface area contributed by atoms with Crippen LogP contribution in [0.15, 0.2) is 29.4 Å². The molecule has 0 saturated carbocycles. The number of rotatable bonds is 4. The topological polar surface area (TPSA) is 110 Å². The molecule has 0 radical (unpaired) electrons. The second-order valence-electron chi connectivity index (χ2n) is 5.77. The fourth-order valence-electron chi connectivity index (χ4n) is 3.15. The van der Waals surface area contributed by atoms with E-state index in [1.165, 1.54) is 13.4 Å². The normalized spacial score (nSPS) is 26.4. The zero-order valence-corrected chi connectivity index (χ0v) is 14.1. The van der Waals surface area contributed by atoms with Gasteiger partial charge in [0.2, 0.25) is 5.88 Å². The Kier molecular flexibility index (Phi) is 4.18. The second-order valence-corrected chi connectivity index (χ2v) is 6.55. The third-order valence-electron chi connectivity index (χ3n) is 4.39. The van der Waals surface area contributed by atoms with Crippen LogP contribution in [0.3, 0.4) is 0 Å². The summed E-state index contributed by atoms with van der Waals surface area (Å²) in [6.45, 7) is -0.385. The molecule has 0 aromatic carbocycles. The van der Waals surface area contributed by atoms with Crippen molar-refractivity contribution in [2.45, 2.75) is 24.5 Å². The van der Waals surface area contributed by atoms with E-state index in [9.17, 15) is 15.3 Å². The molecule has 1 aliphatic heterocycles. The molecule has 0 aliphatic carbocycles. The third-order valence-corrected chi connectivity index (χ3v) is 5.07. The lowest BCUT2D eigenvalue weighted by Gasteiger charge is -2.17. The SMILES string of the molecule is COc1ncnc2c1c(-c1ccsc1)cn2[C@@H]1O[C@H](CO)[C@@H](O)[C@H]1O. The zero-order chi connectivity index (χ0) is 17.6. The average molecular weight is 363 g/mol. The van der Waals surface area contributed by atoms with Gasteiger partial charge in [-0.2, -0.15) is 11.3 Å². The summed E-state index contributed by atoms with van der Waals surface area (Å²) < 4.78 is 12.7. The Morgan fingerprint density at radius 3 is 2.80 bits per heavy atom. The largest absolute Gasteiger partial charge is 0.480 e. The van der Waals surface area contributed by atoms with Crippen molar-refractivity contribution in [2.24, 2.45) is 0 Å². The molecule has 0 unspecified atom stereocenters. The van der Waals surface area contributed by atoms with Gasteiger partial charge in [-0.25, -0.2) is 9.97 Å². The van der Waals surface area contributed by atoms with Gasteiger partial charge in [0, 0.05) is 11.8 Å². The van der Waals surface area contributed by atoms with Crippen molar-refractivity contribution < 1.29 is 24.8 Å². The maximum atomic E-state index is 10.4. The Labute approximate surface area is 146 Å². The molecule has 1 saturated heterocycles. The van der Waals surface area contributed by atoms with Crippen molar-refractivity contribution >= 4 is 22.4 Å². The molecule has 3 aromatic heterocycles. The van der Waals surface area contributed by atoms with Crippen molar-refractivity contribution in [3.05, 3.63) is 29.4 Å². The highest BCUT2D eigenvalue weighted by Gasteiger charge is 2.44. The van der Waals surface area contributed by atoms with Gasteiger partial charge >= 0.3 is 0 Å². The standard InChI is InChI=1S/C16H17N3O5S/c1-23-15-11-9(8-2-3-25-6-8)4-19(14(11)17-7-18-15)16-13(22)12(21)10(5-20)24-16/h2-4,6-7,10,12-13,16,20-22H,5H2,1H3/t10-,12-,13-,16-/m1/s1. The molecule has 25 heavy (non-hydrogen) atoms. The van der Waals surface area contributed by atoms with E-state index in [-0.39, 0.29) is 6.61 Å². The van der Waals surface area contributed by atoms with Gasteiger partial charge in [0.25, 0.3) is 0 Å². The fraction of sp³-hybridized carbons (Fsp3) is 0.375. The number of thiophene rings is 1. The molecule has 0 amide bonds. The number of fused-ring (bicyclic) bond motifs is 1. The van der Waals surface area contributed by atoms with Gasteiger partial charge in [0.1, 0.15) is 30.3 Å². The highest BCUT2D eigenvalue weighted by atomic mass is 32.1. The van der Waals surface area contributed by atoms with Crippen molar-refractivity contribution in [2.75, 3.05) is 13.7 Å². The molecule has 8 nitrogen and oxygen atoms in total. The number of methoxy groups -OCH3 is 1. The monoisotopic (exact) mass is 363 g/mol. The minimum Gasteiger partial charge on any atom is -0.480 e. The lowest BCUT2D eigenvalue weighted by Crippen LogP contribution is -2.33. The van der Waals surface area contributed by atoms with E-state index >= 15 is 0 Å². The number of aliphatic hydroxyl groups is 3. The number of aliphatic hydroxyl groups excluding tert-OH is 3. The maximum Gasteiger partial charge on any atom is 0.226 e. The first kappa shape index (κ1) is 16.4. The molecular weight excluding hydrogens is 346 g/mol. The van der Waals surface area contributed by atoms with Gasteiger partial charge in [-0.15, -0.1) is 0 Å². The van der Waals surface area contributed by atoms with E-state index in [2.05, 4.69) is 9.97 Å². The molecule has 1 fully saturated rings. The first-order valence-corrected chi connectivity index (χ1v) is 8.64. The van der Waals surface area contributed by atoms with Crippen LogP contribution in [0.1, 0.15) is 6.23 Å². The van der Waals surface area contributed by atoms with Crippen LogP contribution in [-0.2, 0) is 4.74 Å². The van der Waals surface area contributed by atoms with Crippen LogP contribution in [0.4, 0.5) is 0 Å². The average Bonchev–Trinajstić information content (AvgIpc) is 3.34. The molecule has 4 heterocycles. The molecule has 0 spiro atoms. The predicted molar refractivity (Wildman–Crippen MR) is 90.4 cm³/mol. The molecule has 132 valence electrons. The summed E-state index contributed by atoms with van der Waals surface area (Å²) >= 11 is 1.56. The van der Waals surface area contributed by atoms with Crippen LogP contribution in [-0.4, -0.2) is 61.9 Å². The smallest absolute Gasteiger partial charge is 0.226 e. The van der Waals surface area contributed by atoms with Gasteiger partial charge in [0.15, 0.2) is 6.23 Å². The van der Waals surface area contributed by atoms with Gasteiger partial charge in [-0.05, 0) is 22.4 Å². The molecule has 0 bridgehead atoms. The molecule has 3 N–H and O–H groups in total. The van der Waals surface area contributed by atoms with E-state index in [1.807, 2.05) is 16.8 Å². The number of hydrogen-bond donors (Lipinski definition) is 3. The highest BCUT2D eigenvalue weighted by Crippen LogP contribution is 2.39. The van der Waals surface area contributed by atoms with Crippen molar-refractivity contribution in [1.82, 2.24) is 14.5 Å². The van der Waals surface area contributed by atoms with Gasteiger partial charge in [-0.1, -0.05) is 0 Å². The van der Waals surface area contributed by atoms with Gasteiger partial charge in [0.05, 0.1) is 19.1 Å². The summed E-state index contributed by atoms with van der Waals surface area (Å²) in [4.78, 5) is 8.48. The Morgan fingerprint density at radius 1 is 1.32 bits per heavy atom. The van der Waals surface area contributed by atoms with E-state index in [1.54, 1.807) is 22.1 Å². The minimum atomic E-state index is -1.19. The molecule has 4 rings (SSSR count). The number of hydrogen-bond acceptors (Lipinski definition) is 8.